The number of fused-ring (bicyclic) bond motifs is 1. The van der Waals surface area contributed by atoms with Crippen molar-refractivity contribution in [1.29, 1.82) is 0 Å². The minimum absolute atomic E-state index is 0.0193. The second kappa shape index (κ2) is 5.29. The van der Waals surface area contributed by atoms with Crippen LogP contribution >= 0.6 is 0 Å². The first kappa shape index (κ1) is 12.6. The van der Waals surface area contributed by atoms with Crippen molar-refractivity contribution in [3.8, 4) is 0 Å². The Morgan fingerprint density at radius 3 is 2.75 bits per heavy atom. The third kappa shape index (κ3) is 2.23. The van der Waals surface area contributed by atoms with E-state index in [1.165, 1.54) is 0 Å². The molecule has 0 saturated carbocycles. The van der Waals surface area contributed by atoms with E-state index >= 15 is 0 Å². The van der Waals surface area contributed by atoms with Crippen LogP contribution in [-0.4, -0.2) is 15.3 Å². The molecule has 100 valence electrons. The largest absolute Gasteiger partial charge is 0.328 e. The van der Waals surface area contributed by atoms with Crippen LogP contribution in [-0.2, 0) is 6.54 Å². The summed E-state index contributed by atoms with van der Waals surface area (Å²) in [7, 11) is 0. The maximum Gasteiger partial charge on any atom is 0.228 e. The highest BCUT2D eigenvalue weighted by Crippen LogP contribution is 2.17. The number of imidazole rings is 1. The van der Waals surface area contributed by atoms with Crippen LogP contribution in [0, 0.1) is 0 Å². The Bertz CT molecular complexity index is 758. The quantitative estimate of drug-likeness (QED) is 0.674. The van der Waals surface area contributed by atoms with Crippen molar-refractivity contribution in [3.63, 3.8) is 0 Å². The number of carbonyl (C=O) groups is 1. The number of carbonyl (C=O) groups excluding carboxylic acids is 1. The molecule has 0 fully saturated rings. The van der Waals surface area contributed by atoms with Crippen LogP contribution in [0.2, 0.25) is 0 Å². The molecule has 0 atom stereocenters. The summed E-state index contributed by atoms with van der Waals surface area (Å²) in [4.78, 5) is 16.8. The molecule has 3 heteroatoms. The molecule has 3 nitrogen and oxygen atoms in total. The second-order valence-electron chi connectivity index (χ2n) is 4.84. The van der Waals surface area contributed by atoms with E-state index in [1.54, 1.807) is 6.20 Å². The Morgan fingerprint density at radius 2 is 1.95 bits per heavy atom. The number of ketones is 1. The molecule has 0 amide bonds. The fraction of sp³-hybridized carbons (Fsp3) is 0.176. The van der Waals surface area contributed by atoms with E-state index in [0.717, 1.165) is 23.7 Å². The van der Waals surface area contributed by atoms with Crippen LogP contribution < -0.4 is 0 Å². The normalized spacial score (nSPS) is 10.8. The molecule has 3 rings (SSSR count). The van der Waals surface area contributed by atoms with Crippen LogP contribution in [0.3, 0.4) is 0 Å². The monoisotopic (exact) mass is 264 g/mol. The minimum Gasteiger partial charge on any atom is -0.328 e. The Labute approximate surface area is 117 Å². The predicted molar refractivity (Wildman–Crippen MR) is 79.9 cm³/mol. The van der Waals surface area contributed by atoms with Gasteiger partial charge in [-0.15, -0.1) is 0 Å². The summed E-state index contributed by atoms with van der Waals surface area (Å²) in [5, 5.41) is 2.22. The van der Waals surface area contributed by atoms with E-state index in [9.17, 15) is 4.79 Å². The molecule has 0 bridgehead atoms. The Balaban J connectivity index is 2.01. The number of hydrogen-bond donors (Lipinski definition) is 0. The van der Waals surface area contributed by atoms with E-state index < -0.39 is 0 Å². The molecule has 3 aromatic rings. The molecule has 0 aliphatic carbocycles. The van der Waals surface area contributed by atoms with Crippen molar-refractivity contribution in [2.24, 2.45) is 0 Å². The van der Waals surface area contributed by atoms with Gasteiger partial charge in [-0.2, -0.15) is 0 Å². The van der Waals surface area contributed by atoms with Gasteiger partial charge in [-0.3, -0.25) is 4.79 Å². The van der Waals surface area contributed by atoms with E-state index in [4.69, 9.17) is 0 Å². The maximum atomic E-state index is 12.6. The van der Waals surface area contributed by atoms with Crippen LogP contribution in [0.4, 0.5) is 0 Å². The lowest BCUT2D eigenvalue weighted by Gasteiger charge is -2.06. The van der Waals surface area contributed by atoms with Crippen molar-refractivity contribution in [1.82, 2.24) is 9.55 Å². The summed E-state index contributed by atoms with van der Waals surface area (Å²) in [5.74, 6) is 0.497. The lowest BCUT2D eigenvalue weighted by Crippen LogP contribution is -2.11. The lowest BCUT2D eigenvalue weighted by molar-refractivity contribution is 0.102. The summed E-state index contributed by atoms with van der Waals surface area (Å²) in [5.41, 5.74) is 0.687. The summed E-state index contributed by atoms with van der Waals surface area (Å²) in [6.45, 7) is 2.90. The summed E-state index contributed by atoms with van der Waals surface area (Å²) in [6.07, 6.45) is 4.52. The van der Waals surface area contributed by atoms with Gasteiger partial charge in [-0.25, -0.2) is 4.98 Å². The molecule has 0 unspecified atom stereocenters. The number of aryl methyl sites for hydroxylation is 1. The molecule has 0 radical (unpaired) electrons. The van der Waals surface area contributed by atoms with Crippen LogP contribution in [0.25, 0.3) is 10.8 Å². The van der Waals surface area contributed by atoms with Gasteiger partial charge in [0.1, 0.15) is 0 Å². The zero-order valence-electron chi connectivity index (χ0n) is 11.4. The van der Waals surface area contributed by atoms with Gasteiger partial charge in [-0.1, -0.05) is 43.3 Å². The van der Waals surface area contributed by atoms with E-state index in [1.807, 2.05) is 53.2 Å². The van der Waals surface area contributed by atoms with Gasteiger partial charge in [0.2, 0.25) is 5.78 Å². The molecule has 0 aliphatic heterocycles. The van der Waals surface area contributed by atoms with Crippen molar-refractivity contribution < 1.29 is 4.79 Å². The summed E-state index contributed by atoms with van der Waals surface area (Å²) < 4.78 is 1.91. The first-order valence-electron chi connectivity index (χ1n) is 6.84. The molecule has 1 aromatic heterocycles. The van der Waals surface area contributed by atoms with Crippen LogP contribution in [0.1, 0.15) is 29.5 Å². The van der Waals surface area contributed by atoms with E-state index in [2.05, 4.69) is 11.9 Å². The standard InChI is InChI=1S/C17H16N2O/c1-2-10-19-11-9-18-17(19)16(20)15-8-7-13-5-3-4-6-14(13)12-15/h3-9,11-12H,2,10H2,1H3. The highest BCUT2D eigenvalue weighted by molar-refractivity contribution is 6.08. The number of nitrogens with zero attached hydrogens (tertiary/aromatic N) is 2. The van der Waals surface area contributed by atoms with Crippen LogP contribution in [0.5, 0.6) is 0 Å². The number of rotatable bonds is 4. The average molecular weight is 264 g/mol. The van der Waals surface area contributed by atoms with Gasteiger partial charge in [-0.05, 0) is 23.3 Å². The van der Waals surface area contributed by atoms with Gasteiger partial charge in [0.25, 0.3) is 0 Å². The van der Waals surface area contributed by atoms with E-state index in [0.29, 0.717) is 11.4 Å². The minimum atomic E-state index is -0.0193. The highest BCUT2D eigenvalue weighted by Gasteiger charge is 2.15. The molecule has 0 aliphatic rings. The fourth-order valence-corrected chi connectivity index (χ4v) is 2.40. The van der Waals surface area contributed by atoms with Crippen molar-refractivity contribution >= 4 is 16.6 Å². The molecule has 0 saturated heterocycles. The Kier molecular flexibility index (Phi) is 3.33. The molecule has 2 aromatic carbocycles. The first-order chi connectivity index (χ1) is 9.79. The number of hydrogen-bond acceptors (Lipinski definition) is 2. The van der Waals surface area contributed by atoms with Crippen molar-refractivity contribution in [2.75, 3.05) is 0 Å². The molecule has 20 heavy (non-hydrogen) atoms. The number of aromatic nitrogens is 2. The lowest BCUT2D eigenvalue weighted by atomic mass is 10.0. The highest BCUT2D eigenvalue weighted by atomic mass is 16.1. The maximum absolute atomic E-state index is 12.6. The Morgan fingerprint density at radius 1 is 1.15 bits per heavy atom. The zero-order valence-corrected chi connectivity index (χ0v) is 11.4. The van der Waals surface area contributed by atoms with Crippen molar-refractivity contribution in [3.05, 3.63) is 66.2 Å². The summed E-state index contributed by atoms with van der Waals surface area (Å²) >= 11 is 0. The topological polar surface area (TPSA) is 34.9 Å². The third-order valence-corrected chi connectivity index (χ3v) is 3.39. The number of benzene rings is 2. The predicted octanol–water partition coefficient (Wildman–Crippen LogP) is 3.68. The third-order valence-electron chi connectivity index (χ3n) is 3.39. The molecular weight excluding hydrogens is 248 g/mol. The molecule has 0 N–H and O–H groups in total. The van der Waals surface area contributed by atoms with Gasteiger partial charge in [0.15, 0.2) is 5.82 Å². The molecule has 0 spiro atoms. The van der Waals surface area contributed by atoms with Gasteiger partial charge < -0.3 is 4.57 Å². The van der Waals surface area contributed by atoms with Gasteiger partial charge in [0, 0.05) is 24.5 Å². The van der Waals surface area contributed by atoms with Crippen molar-refractivity contribution in [2.45, 2.75) is 19.9 Å². The SMILES string of the molecule is CCCn1ccnc1C(=O)c1ccc2ccccc2c1. The zero-order chi connectivity index (χ0) is 13.9. The average Bonchev–Trinajstić information content (AvgIpc) is 2.94. The first-order valence-corrected chi connectivity index (χ1v) is 6.84. The van der Waals surface area contributed by atoms with Crippen LogP contribution in [0.15, 0.2) is 54.9 Å². The second-order valence-corrected chi connectivity index (χ2v) is 4.84. The fourth-order valence-electron chi connectivity index (χ4n) is 2.40. The molecular formula is C17H16N2O. The van der Waals surface area contributed by atoms with Gasteiger partial charge >= 0.3 is 0 Å². The summed E-state index contributed by atoms with van der Waals surface area (Å²) in [6, 6.07) is 13.8. The smallest absolute Gasteiger partial charge is 0.228 e. The van der Waals surface area contributed by atoms with E-state index in [-0.39, 0.29) is 5.78 Å². The molecule has 1 heterocycles. The Hall–Kier alpha value is -2.42. The van der Waals surface area contributed by atoms with Gasteiger partial charge in [0.05, 0.1) is 0 Å².